The van der Waals surface area contributed by atoms with Gasteiger partial charge in [0.1, 0.15) is 5.75 Å². The number of hydrogen-bond acceptors (Lipinski definition) is 5. The fourth-order valence-corrected chi connectivity index (χ4v) is 1.83. The Kier molecular flexibility index (Phi) is 5.57. The van der Waals surface area contributed by atoms with Crippen molar-refractivity contribution in [2.75, 3.05) is 13.7 Å². The van der Waals surface area contributed by atoms with Gasteiger partial charge in [0.15, 0.2) is 18.1 Å². The second-order valence-corrected chi connectivity index (χ2v) is 4.72. The average Bonchev–Trinajstić information content (AvgIpc) is 2.58. The van der Waals surface area contributed by atoms with Gasteiger partial charge in [-0.15, -0.1) is 0 Å². The first-order valence-corrected chi connectivity index (χ1v) is 6.98. The van der Waals surface area contributed by atoms with Crippen LogP contribution in [-0.4, -0.2) is 30.4 Å². The average molecular weight is 314 g/mol. The molecule has 0 atom stereocenters. The Bertz CT molecular complexity index is 696. The van der Waals surface area contributed by atoms with Gasteiger partial charge < -0.3 is 14.6 Å². The maximum atomic E-state index is 11.8. The molecular formula is C17H18N2O4. The Labute approximate surface area is 134 Å². The molecule has 2 aromatic rings. The number of nitrogens with zero attached hydrogens (tertiary/aromatic N) is 1. The van der Waals surface area contributed by atoms with Gasteiger partial charge in [0.2, 0.25) is 0 Å². The van der Waals surface area contributed by atoms with Crippen molar-refractivity contribution in [1.82, 2.24) is 5.43 Å². The SMILES string of the molecule is COc1ccccc1OCC(=O)NN=C(C)c1ccc(O)cc1. The van der Waals surface area contributed by atoms with Crippen molar-refractivity contribution in [1.29, 1.82) is 0 Å². The van der Waals surface area contributed by atoms with E-state index in [1.54, 1.807) is 49.4 Å². The molecule has 6 nitrogen and oxygen atoms in total. The van der Waals surface area contributed by atoms with Gasteiger partial charge in [0.05, 0.1) is 12.8 Å². The van der Waals surface area contributed by atoms with Gasteiger partial charge in [-0.3, -0.25) is 4.79 Å². The number of phenols is 1. The number of carbonyl (C=O) groups excluding carboxylic acids is 1. The summed E-state index contributed by atoms with van der Waals surface area (Å²) < 4.78 is 10.5. The van der Waals surface area contributed by atoms with Crippen LogP contribution < -0.4 is 14.9 Å². The van der Waals surface area contributed by atoms with Crippen molar-refractivity contribution in [3.63, 3.8) is 0 Å². The van der Waals surface area contributed by atoms with Crippen molar-refractivity contribution in [2.45, 2.75) is 6.92 Å². The lowest BCUT2D eigenvalue weighted by molar-refractivity contribution is -0.123. The molecule has 0 bridgehead atoms. The van der Waals surface area contributed by atoms with Crippen LogP contribution in [0.25, 0.3) is 0 Å². The minimum atomic E-state index is -0.381. The molecule has 0 fully saturated rings. The van der Waals surface area contributed by atoms with Gasteiger partial charge in [-0.25, -0.2) is 5.43 Å². The number of hydrogen-bond donors (Lipinski definition) is 2. The largest absolute Gasteiger partial charge is 0.508 e. The molecule has 120 valence electrons. The van der Waals surface area contributed by atoms with Crippen LogP contribution in [0.5, 0.6) is 17.2 Å². The van der Waals surface area contributed by atoms with Crippen molar-refractivity contribution >= 4 is 11.6 Å². The number of carbonyl (C=O) groups is 1. The van der Waals surface area contributed by atoms with Gasteiger partial charge in [-0.1, -0.05) is 12.1 Å². The number of amides is 1. The van der Waals surface area contributed by atoms with E-state index in [4.69, 9.17) is 9.47 Å². The monoisotopic (exact) mass is 314 g/mol. The lowest BCUT2D eigenvalue weighted by Gasteiger charge is -2.09. The molecular weight excluding hydrogens is 296 g/mol. The van der Waals surface area contributed by atoms with Crippen molar-refractivity contribution in [2.24, 2.45) is 5.10 Å². The van der Waals surface area contributed by atoms with Gasteiger partial charge in [-0.2, -0.15) is 5.10 Å². The van der Waals surface area contributed by atoms with E-state index in [1.807, 2.05) is 6.07 Å². The van der Waals surface area contributed by atoms with Crippen molar-refractivity contribution in [3.8, 4) is 17.2 Å². The third kappa shape index (κ3) is 4.74. The van der Waals surface area contributed by atoms with E-state index in [-0.39, 0.29) is 18.3 Å². The van der Waals surface area contributed by atoms with E-state index in [0.717, 1.165) is 5.56 Å². The lowest BCUT2D eigenvalue weighted by Crippen LogP contribution is -2.25. The fraction of sp³-hybridized carbons (Fsp3) is 0.176. The highest BCUT2D eigenvalue weighted by atomic mass is 16.5. The third-order valence-electron chi connectivity index (χ3n) is 3.06. The molecule has 0 saturated heterocycles. The molecule has 0 aromatic heterocycles. The number of benzene rings is 2. The first-order chi connectivity index (χ1) is 11.1. The second-order valence-electron chi connectivity index (χ2n) is 4.72. The first kappa shape index (κ1) is 16.4. The molecule has 0 heterocycles. The van der Waals surface area contributed by atoms with Crippen molar-refractivity contribution in [3.05, 3.63) is 54.1 Å². The number of hydrazone groups is 1. The van der Waals surface area contributed by atoms with E-state index in [0.29, 0.717) is 17.2 Å². The van der Waals surface area contributed by atoms with Crippen LogP contribution in [0.15, 0.2) is 53.6 Å². The predicted octanol–water partition coefficient (Wildman–Crippen LogP) is 2.32. The molecule has 23 heavy (non-hydrogen) atoms. The Hall–Kier alpha value is -3.02. The second kappa shape index (κ2) is 7.84. The predicted molar refractivity (Wildman–Crippen MR) is 86.9 cm³/mol. The highest BCUT2D eigenvalue weighted by Gasteiger charge is 2.06. The molecule has 0 radical (unpaired) electrons. The number of ether oxygens (including phenoxy) is 2. The number of phenolic OH excluding ortho intramolecular Hbond substituents is 1. The minimum absolute atomic E-state index is 0.174. The zero-order chi connectivity index (χ0) is 16.7. The maximum Gasteiger partial charge on any atom is 0.277 e. The van der Waals surface area contributed by atoms with Crippen LogP contribution in [0.2, 0.25) is 0 Å². The smallest absolute Gasteiger partial charge is 0.277 e. The summed E-state index contributed by atoms with van der Waals surface area (Å²) in [5.41, 5.74) is 3.84. The van der Waals surface area contributed by atoms with Crippen LogP contribution >= 0.6 is 0 Å². The molecule has 0 aliphatic rings. The Morgan fingerprint density at radius 3 is 2.43 bits per heavy atom. The summed E-state index contributed by atoms with van der Waals surface area (Å²) in [5.74, 6) is 0.846. The third-order valence-corrected chi connectivity index (χ3v) is 3.06. The first-order valence-electron chi connectivity index (χ1n) is 6.98. The number of aromatic hydroxyl groups is 1. The van der Waals surface area contributed by atoms with Crippen LogP contribution in [0, 0.1) is 0 Å². The summed E-state index contributed by atoms with van der Waals surface area (Å²) in [7, 11) is 1.54. The standard InChI is InChI=1S/C17H18N2O4/c1-12(13-7-9-14(20)10-8-13)18-19-17(21)11-23-16-6-4-3-5-15(16)22-2/h3-10,20H,11H2,1-2H3,(H,19,21). The van der Waals surface area contributed by atoms with Gasteiger partial charge in [0, 0.05) is 0 Å². The summed E-state index contributed by atoms with van der Waals surface area (Å²) in [4.78, 5) is 11.8. The summed E-state index contributed by atoms with van der Waals surface area (Å²) in [5, 5.41) is 13.2. The summed E-state index contributed by atoms with van der Waals surface area (Å²) in [6, 6.07) is 13.6. The topological polar surface area (TPSA) is 80.2 Å². The maximum absolute atomic E-state index is 11.8. The highest BCUT2D eigenvalue weighted by molar-refractivity contribution is 5.99. The lowest BCUT2D eigenvalue weighted by atomic mass is 10.1. The molecule has 0 aliphatic carbocycles. The molecule has 0 aliphatic heterocycles. The Balaban J connectivity index is 1.89. The van der Waals surface area contributed by atoms with Gasteiger partial charge in [-0.05, 0) is 48.9 Å². The molecule has 0 spiro atoms. The van der Waals surface area contributed by atoms with Crippen LogP contribution in [-0.2, 0) is 4.79 Å². The van der Waals surface area contributed by atoms with E-state index >= 15 is 0 Å². The van der Waals surface area contributed by atoms with Gasteiger partial charge >= 0.3 is 0 Å². The number of rotatable bonds is 6. The molecule has 2 N–H and O–H groups in total. The Morgan fingerprint density at radius 2 is 1.78 bits per heavy atom. The van der Waals surface area contributed by atoms with E-state index in [2.05, 4.69) is 10.5 Å². The minimum Gasteiger partial charge on any atom is -0.508 e. The zero-order valence-corrected chi connectivity index (χ0v) is 12.9. The molecule has 1 amide bonds. The molecule has 2 aromatic carbocycles. The number of methoxy groups -OCH3 is 1. The Morgan fingerprint density at radius 1 is 1.13 bits per heavy atom. The van der Waals surface area contributed by atoms with Crippen molar-refractivity contribution < 1.29 is 19.4 Å². The molecule has 6 heteroatoms. The van der Waals surface area contributed by atoms with E-state index in [9.17, 15) is 9.90 Å². The van der Waals surface area contributed by atoms with Crippen LogP contribution in [0.1, 0.15) is 12.5 Å². The fourth-order valence-electron chi connectivity index (χ4n) is 1.83. The van der Waals surface area contributed by atoms with Crippen LogP contribution in [0.3, 0.4) is 0 Å². The van der Waals surface area contributed by atoms with E-state index < -0.39 is 0 Å². The molecule has 2 rings (SSSR count). The molecule has 0 unspecified atom stereocenters. The number of nitrogens with one attached hydrogen (secondary N) is 1. The quantitative estimate of drug-likeness (QED) is 0.633. The highest BCUT2D eigenvalue weighted by Crippen LogP contribution is 2.25. The van der Waals surface area contributed by atoms with E-state index in [1.165, 1.54) is 7.11 Å². The van der Waals surface area contributed by atoms with Crippen LogP contribution in [0.4, 0.5) is 0 Å². The zero-order valence-electron chi connectivity index (χ0n) is 12.9. The normalized spacial score (nSPS) is 11.0. The number of para-hydroxylation sites is 2. The summed E-state index contributed by atoms with van der Waals surface area (Å²) >= 11 is 0. The molecule has 0 saturated carbocycles. The summed E-state index contributed by atoms with van der Waals surface area (Å²) in [6.45, 7) is 1.58. The van der Waals surface area contributed by atoms with Gasteiger partial charge in [0.25, 0.3) is 5.91 Å². The summed E-state index contributed by atoms with van der Waals surface area (Å²) in [6.07, 6.45) is 0.